The number of benzene rings is 1. The molecule has 1 aromatic heterocycles. The second-order valence-electron chi connectivity index (χ2n) is 6.48. The number of anilines is 2. The van der Waals surface area contributed by atoms with Crippen LogP contribution in [-0.4, -0.2) is 17.0 Å². The molecule has 1 saturated carbocycles. The Bertz CT molecular complexity index is 814. The molecule has 2 amide bonds. The molecule has 0 radical (unpaired) electrons. The average Bonchev–Trinajstić information content (AvgIpc) is 3.03. The summed E-state index contributed by atoms with van der Waals surface area (Å²) in [5, 5.41) is 9.03. The fourth-order valence-electron chi connectivity index (χ4n) is 3.09. The number of amides is 2. The molecule has 0 spiro atoms. The summed E-state index contributed by atoms with van der Waals surface area (Å²) >= 11 is 0. The van der Waals surface area contributed by atoms with Gasteiger partial charge in [-0.15, -0.1) is 0 Å². The Labute approximate surface area is 148 Å². The van der Waals surface area contributed by atoms with Crippen LogP contribution in [0, 0.1) is 30.4 Å². The van der Waals surface area contributed by atoms with Crippen LogP contribution >= 0.6 is 0 Å². The molecule has 0 unspecified atom stereocenters. The van der Waals surface area contributed by atoms with Crippen molar-refractivity contribution in [2.24, 2.45) is 11.8 Å². The van der Waals surface area contributed by atoms with Crippen molar-refractivity contribution >= 4 is 23.3 Å². The molecular weight excluding hydrogens is 344 g/mol. The number of hydrogen-bond acceptors (Lipinski definition) is 4. The molecule has 1 aliphatic carbocycles. The molecule has 0 atom stereocenters. The minimum Gasteiger partial charge on any atom is -0.360 e. The number of rotatable bonds is 4. The topological polar surface area (TPSA) is 84.2 Å². The predicted molar refractivity (Wildman–Crippen MR) is 90.3 cm³/mol. The van der Waals surface area contributed by atoms with Gasteiger partial charge in [-0.05, 0) is 44.7 Å². The fraction of sp³-hybridized carbons (Fsp3) is 0.389. The third-order valence-corrected chi connectivity index (χ3v) is 4.54. The zero-order chi connectivity index (χ0) is 18.7. The highest BCUT2D eigenvalue weighted by atomic mass is 19.2. The maximum Gasteiger partial charge on any atom is 0.228 e. The first-order chi connectivity index (χ1) is 12.4. The van der Waals surface area contributed by atoms with Gasteiger partial charge in [0.25, 0.3) is 0 Å². The number of aryl methyl sites for hydroxylation is 1. The highest BCUT2D eigenvalue weighted by Gasteiger charge is 2.30. The lowest BCUT2D eigenvalue weighted by molar-refractivity contribution is -0.125. The molecule has 6 nitrogen and oxygen atoms in total. The van der Waals surface area contributed by atoms with Gasteiger partial charge in [-0.2, -0.15) is 0 Å². The highest BCUT2D eigenvalue weighted by molar-refractivity contribution is 5.94. The summed E-state index contributed by atoms with van der Waals surface area (Å²) in [4.78, 5) is 24.5. The zero-order valence-corrected chi connectivity index (χ0v) is 14.2. The minimum absolute atomic E-state index is 0.141. The van der Waals surface area contributed by atoms with Crippen LogP contribution in [0.2, 0.25) is 0 Å². The molecular formula is C18H19F2N3O3. The molecule has 3 rings (SSSR count). The number of carbonyl (C=O) groups excluding carboxylic acids is 2. The smallest absolute Gasteiger partial charge is 0.228 e. The molecule has 0 bridgehead atoms. The van der Waals surface area contributed by atoms with Gasteiger partial charge in [0.15, 0.2) is 17.5 Å². The van der Waals surface area contributed by atoms with Crippen LogP contribution in [0.3, 0.4) is 0 Å². The van der Waals surface area contributed by atoms with Crippen molar-refractivity contribution in [1.82, 2.24) is 5.16 Å². The van der Waals surface area contributed by atoms with E-state index in [1.54, 1.807) is 13.0 Å². The predicted octanol–water partition coefficient (Wildman–Crippen LogP) is 3.64. The summed E-state index contributed by atoms with van der Waals surface area (Å²) in [5.74, 6) is -1.83. The third-order valence-electron chi connectivity index (χ3n) is 4.54. The van der Waals surface area contributed by atoms with Gasteiger partial charge in [0.1, 0.15) is 5.76 Å². The normalized spacial score (nSPS) is 19.8. The Balaban J connectivity index is 1.50. The molecule has 8 heteroatoms. The van der Waals surface area contributed by atoms with E-state index >= 15 is 0 Å². The minimum atomic E-state index is -1.01. The van der Waals surface area contributed by atoms with Crippen LogP contribution in [0.15, 0.2) is 28.8 Å². The Kier molecular flexibility index (Phi) is 5.29. The molecule has 138 valence electrons. The Hall–Kier alpha value is -2.77. The first-order valence-electron chi connectivity index (χ1n) is 8.42. The van der Waals surface area contributed by atoms with Gasteiger partial charge in [-0.25, -0.2) is 8.78 Å². The average molecular weight is 363 g/mol. The quantitative estimate of drug-likeness (QED) is 0.868. The maximum absolute atomic E-state index is 13.2. The van der Waals surface area contributed by atoms with Crippen LogP contribution in [-0.2, 0) is 9.59 Å². The van der Waals surface area contributed by atoms with E-state index in [1.165, 1.54) is 6.07 Å². The van der Waals surface area contributed by atoms with Gasteiger partial charge in [0.2, 0.25) is 11.8 Å². The third kappa shape index (κ3) is 4.25. The largest absolute Gasteiger partial charge is 0.360 e. The molecule has 1 fully saturated rings. The van der Waals surface area contributed by atoms with E-state index in [4.69, 9.17) is 4.52 Å². The van der Waals surface area contributed by atoms with E-state index in [2.05, 4.69) is 15.8 Å². The van der Waals surface area contributed by atoms with Gasteiger partial charge >= 0.3 is 0 Å². The summed E-state index contributed by atoms with van der Waals surface area (Å²) in [6, 6.07) is 4.87. The Morgan fingerprint density at radius 1 is 1.00 bits per heavy atom. The molecule has 0 aliphatic heterocycles. The monoisotopic (exact) mass is 363 g/mol. The summed E-state index contributed by atoms with van der Waals surface area (Å²) in [6.45, 7) is 1.74. The van der Waals surface area contributed by atoms with Crippen molar-refractivity contribution in [3.63, 3.8) is 0 Å². The fourth-order valence-corrected chi connectivity index (χ4v) is 3.09. The second kappa shape index (κ2) is 7.63. The van der Waals surface area contributed by atoms with Gasteiger partial charge < -0.3 is 15.2 Å². The van der Waals surface area contributed by atoms with Crippen LogP contribution in [0.5, 0.6) is 0 Å². The van der Waals surface area contributed by atoms with Gasteiger partial charge in [0, 0.05) is 29.7 Å². The van der Waals surface area contributed by atoms with Crippen LogP contribution in [0.25, 0.3) is 0 Å². The molecule has 1 heterocycles. The number of halogens is 2. The van der Waals surface area contributed by atoms with Crippen molar-refractivity contribution in [1.29, 1.82) is 0 Å². The molecule has 0 saturated heterocycles. The molecule has 2 aromatic rings. The lowest BCUT2D eigenvalue weighted by Gasteiger charge is -2.26. The van der Waals surface area contributed by atoms with E-state index in [9.17, 15) is 18.4 Å². The summed E-state index contributed by atoms with van der Waals surface area (Å²) in [7, 11) is 0. The Morgan fingerprint density at radius 3 is 2.15 bits per heavy atom. The zero-order valence-electron chi connectivity index (χ0n) is 14.2. The number of carbonyl (C=O) groups is 2. The molecule has 2 N–H and O–H groups in total. The van der Waals surface area contributed by atoms with Crippen molar-refractivity contribution in [2.45, 2.75) is 32.6 Å². The van der Waals surface area contributed by atoms with Crippen LogP contribution < -0.4 is 10.6 Å². The lowest BCUT2D eigenvalue weighted by Crippen LogP contribution is -2.32. The van der Waals surface area contributed by atoms with E-state index in [1.807, 2.05) is 0 Å². The SMILES string of the molecule is Cc1cc(NC(=O)C2CCC(C(=O)Nc3ccc(F)c(F)c3)CC2)no1. The number of hydrogen-bond donors (Lipinski definition) is 2. The van der Waals surface area contributed by atoms with E-state index < -0.39 is 11.6 Å². The van der Waals surface area contributed by atoms with E-state index in [0.717, 1.165) is 12.1 Å². The standard InChI is InChI=1S/C18H19F2N3O3/c1-10-8-16(23-26-10)22-18(25)12-4-2-11(3-5-12)17(24)21-13-6-7-14(19)15(20)9-13/h6-9,11-12H,2-5H2,1H3,(H,21,24)(H,22,23,25). The van der Waals surface area contributed by atoms with Gasteiger partial charge in [0.05, 0.1) is 0 Å². The summed E-state index contributed by atoms with van der Waals surface area (Å²) in [6.07, 6.45) is 2.23. The summed E-state index contributed by atoms with van der Waals surface area (Å²) in [5.41, 5.74) is 0.218. The van der Waals surface area contributed by atoms with Crippen molar-refractivity contribution < 1.29 is 22.9 Å². The van der Waals surface area contributed by atoms with Gasteiger partial charge in [-0.3, -0.25) is 9.59 Å². The van der Waals surface area contributed by atoms with E-state index in [-0.39, 0.29) is 29.3 Å². The number of aromatic nitrogens is 1. The molecule has 26 heavy (non-hydrogen) atoms. The first-order valence-corrected chi connectivity index (χ1v) is 8.42. The molecule has 1 aromatic carbocycles. The van der Waals surface area contributed by atoms with Crippen LogP contribution in [0.4, 0.5) is 20.3 Å². The van der Waals surface area contributed by atoms with Crippen molar-refractivity contribution in [3.05, 3.63) is 41.7 Å². The second-order valence-corrected chi connectivity index (χ2v) is 6.48. The van der Waals surface area contributed by atoms with Crippen molar-refractivity contribution in [2.75, 3.05) is 10.6 Å². The van der Waals surface area contributed by atoms with Crippen LogP contribution in [0.1, 0.15) is 31.4 Å². The summed E-state index contributed by atoms with van der Waals surface area (Å²) < 4.78 is 31.0. The lowest BCUT2D eigenvalue weighted by atomic mass is 9.81. The highest BCUT2D eigenvalue weighted by Crippen LogP contribution is 2.30. The van der Waals surface area contributed by atoms with Crippen molar-refractivity contribution in [3.8, 4) is 0 Å². The molecule has 1 aliphatic rings. The Morgan fingerprint density at radius 2 is 1.62 bits per heavy atom. The van der Waals surface area contributed by atoms with E-state index in [0.29, 0.717) is 37.3 Å². The maximum atomic E-state index is 13.2. The first kappa shape index (κ1) is 18.0. The number of nitrogens with one attached hydrogen (secondary N) is 2. The number of nitrogens with zero attached hydrogens (tertiary/aromatic N) is 1. The van der Waals surface area contributed by atoms with Gasteiger partial charge in [-0.1, -0.05) is 5.16 Å².